The average molecular weight is 388 g/mol. The Morgan fingerprint density at radius 1 is 1.21 bits per heavy atom. The maximum Gasteiger partial charge on any atom is 0.119 e. The van der Waals surface area contributed by atoms with Crippen molar-refractivity contribution in [2.45, 2.75) is 46.1 Å². The fraction of sp³-hybridized carbons (Fsp3) is 0.333. The summed E-state index contributed by atoms with van der Waals surface area (Å²) in [6.07, 6.45) is 9.76. The molecule has 1 aliphatic heterocycles. The van der Waals surface area contributed by atoms with Gasteiger partial charge in [-0.25, -0.2) is 0 Å². The second-order valence-corrected chi connectivity index (χ2v) is 8.04. The zero-order valence-electron chi connectivity index (χ0n) is 17.9. The van der Waals surface area contributed by atoms with Crippen LogP contribution in [0.15, 0.2) is 79.1 Å². The van der Waals surface area contributed by atoms with E-state index >= 15 is 0 Å². The van der Waals surface area contributed by atoms with Crippen LogP contribution in [0, 0.1) is 5.92 Å². The van der Waals surface area contributed by atoms with E-state index in [-0.39, 0.29) is 0 Å². The first-order valence-electron chi connectivity index (χ1n) is 10.6. The Labute approximate surface area is 176 Å². The van der Waals surface area contributed by atoms with E-state index in [1.165, 1.54) is 34.4 Å². The largest absolute Gasteiger partial charge is 0.489 e. The number of allylic oxidation sites excluding steroid dienone is 4. The maximum atomic E-state index is 6.14. The Morgan fingerprint density at radius 2 is 2.00 bits per heavy atom. The van der Waals surface area contributed by atoms with Gasteiger partial charge in [0.1, 0.15) is 12.4 Å². The van der Waals surface area contributed by atoms with Crippen LogP contribution in [-0.4, -0.2) is 6.54 Å². The molecule has 1 N–H and O–H groups in total. The fourth-order valence-corrected chi connectivity index (χ4v) is 4.14. The third-order valence-electron chi connectivity index (χ3n) is 5.53. The molecule has 2 aromatic rings. The summed E-state index contributed by atoms with van der Waals surface area (Å²) < 4.78 is 6.14. The second-order valence-electron chi connectivity index (χ2n) is 8.04. The molecule has 1 aliphatic rings. The van der Waals surface area contributed by atoms with Crippen LogP contribution in [0.3, 0.4) is 0 Å². The molecule has 2 nitrogen and oxygen atoms in total. The number of hydrogen-bond acceptors (Lipinski definition) is 2. The van der Waals surface area contributed by atoms with Crippen molar-refractivity contribution in [3.05, 3.63) is 101 Å². The van der Waals surface area contributed by atoms with Gasteiger partial charge >= 0.3 is 0 Å². The van der Waals surface area contributed by atoms with E-state index in [1.807, 2.05) is 25.2 Å². The van der Waals surface area contributed by atoms with Crippen molar-refractivity contribution in [1.29, 1.82) is 0 Å². The van der Waals surface area contributed by atoms with Crippen LogP contribution < -0.4 is 5.32 Å². The minimum atomic E-state index is 0.548. The first-order valence-corrected chi connectivity index (χ1v) is 10.6. The minimum Gasteiger partial charge on any atom is -0.489 e. The van der Waals surface area contributed by atoms with Crippen molar-refractivity contribution in [3.8, 4) is 0 Å². The molecule has 0 aromatic heterocycles. The first-order chi connectivity index (χ1) is 14.1. The van der Waals surface area contributed by atoms with Gasteiger partial charge in [-0.3, -0.25) is 0 Å². The van der Waals surface area contributed by atoms with E-state index in [0.29, 0.717) is 18.4 Å². The van der Waals surface area contributed by atoms with Gasteiger partial charge in [-0.05, 0) is 66.5 Å². The van der Waals surface area contributed by atoms with Gasteiger partial charge in [0.15, 0.2) is 0 Å². The quantitative estimate of drug-likeness (QED) is 0.389. The lowest BCUT2D eigenvalue weighted by Crippen LogP contribution is -2.22. The average Bonchev–Trinajstić information content (AvgIpc) is 2.72. The predicted molar refractivity (Wildman–Crippen MR) is 124 cm³/mol. The number of rotatable bonds is 8. The number of benzene rings is 2. The zero-order valence-corrected chi connectivity index (χ0v) is 17.9. The lowest BCUT2D eigenvalue weighted by Gasteiger charge is -2.32. The molecule has 2 heteroatoms. The molecular weight excluding hydrogens is 354 g/mol. The lowest BCUT2D eigenvalue weighted by atomic mass is 9.80. The van der Waals surface area contributed by atoms with E-state index < -0.39 is 0 Å². The SMILES string of the molecule is C=C/C=C(\C=C/C)OCc1cc(Cc2ccccc2)cc2c1NCCC2C(C)C. The van der Waals surface area contributed by atoms with E-state index in [0.717, 1.165) is 18.7 Å². The molecule has 0 amide bonds. The Hall–Kier alpha value is -2.74. The summed E-state index contributed by atoms with van der Waals surface area (Å²) in [7, 11) is 0. The van der Waals surface area contributed by atoms with Crippen molar-refractivity contribution in [3.63, 3.8) is 0 Å². The van der Waals surface area contributed by atoms with Crippen LogP contribution in [0.4, 0.5) is 5.69 Å². The van der Waals surface area contributed by atoms with Crippen LogP contribution in [-0.2, 0) is 17.8 Å². The standard InChI is InChI=1S/C27H33NO/c1-5-10-24(11-6-2)29-19-23-17-22(16-21-12-8-7-9-13-21)18-26-25(20(3)4)14-15-28-27(23)26/h5-13,17-18,20,25,28H,1,14-16,19H2,2-4H3/b11-6-,24-10+. The van der Waals surface area contributed by atoms with Crippen molar-refractivity contribution >= 4 is 5.69 Å². The summed E-state index contributed by atoms with van der Waals surface area (Å²) in [6, 6.07) is 15.4. The summed E-state index contributed by atoms with van der Waals surface area (Å²) in [4.78, 5) is 0. The van der Waals surface area contributed by atoms with Gasteiger partial charge in [-0.1, -0.05) is 69.0 Å². The van der Waals surface area contributed by atoms with Crippen LogP contribution in [0.2, 0.25) is 0 Å². The molecular formula is C27H33NO. The van der Waals surface area contributed by atoms with Gasteiger partial charge in [0, 0.05) is 17.8 Å². The number of nitrogens with one attached hydrogen (secondary N) is 1. The van der Waals surface area contributed by atoms with Crippen molar-refractivity contribution in [2.24, 2.45) is 5.92 Å². The summed E-state index contributed by atoms with van der Waals surface area (Å²) in [6.45, 7) is 12.0. The van der Waals surface area contributed by atoms with Crippen LogP contribution in [0.5, 0.6) is 0 Å². The molecule has 2 aromatic carbocycles. The van der Waals surface area contributed by atoms with Gasteiger partial charge in [0.25, 0.3) is 0 Å². The Morgan fingerprint density at radius 3 is 2.69 bits per heavy atom. The van der Waals surface area contributed by atoms with Crippen molar-refractivity contribution in [2.75, 3.05) is 11.9 Å². The highest BCUT2D eigenvalue weighted by Gasteiger charge is 2.25. The Balaban J connectivity index is 1.96. The zero-order chi connectivity index (χ0) is 20.6. The van der Waals surface area contributed by atoms with Gasteiger partial charge in [0.2, 0.25) is 0 Å². The molecule has 0 radical (unpaired) electrons. The highest BCUT2D eigenvalue weighted by Crippen LogP contribution is 2.40. The fourth-order valence-electron chi connectivity index (χ4n) is 4.14. The number of anilines is 1. The molecule has 0 fully saturated rings. The predicted octanol–water partition coefficient (Wildman–Crippen LogP) is 7.00. The van der Waals surface area contributed by atoms with Crippen molar-refractivity contribution < 1.29 is 4.74 Å². The molecule has 0 aliphatic carbocycles. The van der Waals surface area contributed by atoms with E-state index in [1.54, 1.807) is 6.08 Å². The summed E-state index contributed by atoms with van der Waals surface area (Å²) in [5.41, 5.74) is 6.63. The molecule has 0 bridgehead atoms. The maximum absolute atomic E-state index is 6.14. The van der Waals surface area contributed by atoms with Gasteiger partial charge < -0.3 is 10.1 Å². The highest BCUT2D eigenvalue weighted by atomic mass is 16.5. The molecule has 0 saturated carbocycles. The minimum absolute atomic E-state index is 0.548. The number of hydrogen-bond donors (Lipinski definition) is 1. The van der Waals surface area contributed by atoms with Crippen molar-refractivity contribution in [1.82, 2.24) is 0 Å². The van der Waals surface area contributed by atoms with Gasteiger partial charge in [-0.2, -0.15) is 0 Å². The van der Waals surface area contributed by atoms with Gasteiger partial charge in [-0.15, -0.1) is 0 Å². The molecule has 1 heterocycles. The molecule has 1 unspecified atom stereocenters. The second kappa shape index (κ2) is 10.2. The van der Waals surface area contributed by atoms with Crippen LogP contribution >= 0.6 is 0 Å². The molecule has 3 rings (SSSR count). The monoisotopic (exact) mass is 387 g/mol. The molecule has 1 atom stereocenters. The van der Waals surface area contributed by atoms with Gasteiger partial charge in [0.05, 0.1) is 0 Å². The summed E-state index contributed by atoms with van der Waals surface area (Å²) >= 11 is 0. The molecule has 152 valence electrons. The van der Waals surface area contributed by atoms with E-state index in [4.69, 9.17) is 4.74 Å². The molecule has 29 heavy (non-hydrogen) atoms. The molecule has 0 spiro atoms. The number of fused-ring (bicyclic) bond motifs is 1. The third-order valence-corrected chi connectivity index (χ3v) is 5.53. The summed E-state index contributed by atoms with van der Waals surface area (Å²) in [5, 5.41) is 3.66. The topological polar surface area (TPSA) is 21.3 Å². The van der Waals surface area contributed by atoms with E-state index in [9.17, 15) is 0 Å². The van der Waals surface area contributed by atoms with E-state index in [2.05, 4.69) is 68.2 Å². The third kappa shape index (κ3) is 5.41. The Bertz CT molecular complexity index is 877. The Kier molecular flexibility index (Phi) is 7.35. The smallest absolute Gasteiger partial charge is 0.119 e. The highest BCUT2D eigenvalue weighted by molar-refractivity contribution is 5.62. The number of ether oxygens (including phenoxy) is 1. The first kappa shape index (κ1) is 21.0. The normalized spacial score (nSPS) is 16.6. The van der Waals surface area contributed by atoms with Crippen LogP contribution in [0.25, 0.3) is 0 Å². The molecule has 0 saturated heterocycles. The van der Waals surface area contributed by atoms with Crippen LogP contribution in [0.1, 0.15) is 55.4 Å². The lowest BCUT2D eigenvalue weighted by molar-refractivity contribution is 0.211. The summed E-state index contributed by atoms with van der Waals surface area (Å²) in [5.74, 6) is 2.04.